The molecular weight excluding hydrogens is 330 g/mol. The first-order valence-corrected chi connectivity index (χ1v) is 5.20. The van der Waals surface area contributed by atoms with Crippen LogP contribution >= 0.6 is 37.2 Å². The van der Waals surface area contributed by atoms with E-state index in [0.29, 0.717) is 0 Å². The van der Waals surface area contributed by atoms with Gasteiger partial charge < -0.3 is 46.2 Å². The predicted octanol–water partition coefficient (Wildman–Crippen LogP) is -6.62. The lowest BCUT2D eigenvalue weighted by Crippen LogP contribution is -2.55. The lowest BCUT2D eigenvalue weighted by atomic mass is 9.85. The number of hydrogen-bond acceptors (Lipinski definition) is 9. The zero-order chi connectivity index (χ0) is 12.7. The van der Waals surface area contributed by atoms with Gasteiger partial charge in [0.1, 0.15) is 0 Å². The van der Waals surface area contributed by atoms with E-state index >= 15 is 0 Å². The van der Waals surface area contributed by atoms with Gasteiger partial charge in [0.15, 0.2) is 0 Å². The minimum absolute atomic E-state index is 0. The Morgan fingerprint density at radius 1 is 0.238 bits per heavy atom. The zero-order valence-corrected chi connectivity index (χ0v) is 13.4. The summed E-state index contributed by atoms with van der Waals surface area (Å²) in [6.45, 7) is 0. The summed E-state index contributed by atoms with van der Waals surface area (Å²) in [6, 6.07) is 0. The van der Waals surface area contributed by atoms with E-state index in [2.05, 4.69) is 46.2 Å². The minimum atomic E-state index is 0. The van der Waals surface area contributed by atoms with Crippen molar-refractivity contribution < 1.29 is 0 Å². The number of rotatable bonds is 0. The van der Waals surface area contributed by atoms with Crippen molar-refractivity contribution in [3.05, 3.63) is 0 Å². The van der Waals surface area contributed by atoms with Gasteiger partial charge in [0.05, 0.1) is 0 Å². The summed E-state index contributed by atoms with van der Waals surface area (Å²) < 4.78 is 0. The van der Waals surface area contributed by atoms with Gasteiger partial charge in [0.25, 0.3) is 67.9 Å². The fourth-order valence-corrected chi connectivity index (χ4v) is 0.808. The van der Waals surface area contributed by atoms with Crippen molar-refractivity contribution in [2.24, 2.45) is 0 Å². The molecule has 0 bridgehead atoms. The molecule has 3 aliphatic rings. The van der Waals surface area contributed by atoms with E-state index in [9.17, 15) is 0 Å². The summed E-state index contributed by atoms with van der Waals surface area (Å²) in [6.07, 6.45) is 0. The Kier molecular flexibility index (Phi) is 30.0. The van der Waals surface area contributed by atoms with Crippen LogP contribution in [0.25, 0.3) is 0 Å². The van der Waals surface area contributed by atoms with Crippen molar-refractivity contribution in [2.45, 2.75) is 0 Å². The van der Waals surface area contributed by atoms with E-state index in [-0.39, 0.29) is 37.2 Å². The molecule has 0 amide bonds. The van der Waals surface area contributed by atoms with E-state index in [0.717, 1.165) is 0 Å². The zero-order valence-electron chi connectivity index (χ0n) is 10.9. The summed E-state index contributed by atoms with van der Waals surface area (Å²) in [5, 5.41) is 25.0. The molecule has 0 aliphatic carbocycles. The lowest BCUT2D eigenvalue weighted by Gasteiger charge is -2.07. The molecule has 3 fully saturated rings. The van der Waals surface area contributed by atoms with Crippen LogP contribution in [0.5, 0.6) is 0 Å². The Morgan fingerprint density at radius 2 is 0.333 bits per heavy atom. The quantitative estimate of drug-likeness (QED) is 0.199. The SMILES string of the molecule is Cl.Cl.Cl.[B]1N[B]N[B]N1.[B]1N[B]N[B]N1.[B]1N[B]N[B]N1. The summed E-state index contributed by atoms with van der Waals surface area (Å²) in [4.78, 5) is 0. The summed E-state index contributed by atoms with van der Waals surface area (Å²) in [7, 11) is 15.5. The molecule has 3 heterocycles. The van der Waals surface area contributed by atoms with Crippen molar-refractivity contribution in [3.8, 4) is 0 Å². The van der Waals surface area contributed by atoms with Crippen molar-refractivity contribution in [1.82, 2.24) is 46.2 Å². The molecule has 0 atom stereocenters. The van der Waals surface area contributed by atoms with Gasteiger partial charge in [0, 0.05) is 0 Å². The molecule has 3 rings (SSSR count). The van der Waals surface area contributed by atoms with E-state index in [1.807, 2.05) is 0 Å². The van der Waals surface area contributed by atoms with Crippen molar-refractivity contribution in [2.75, 3.05) is 0 Å². The highest BCUT2D eigenvalue weighted by molar-refractivity contribution is 6.66. The summed E-state index contributed by atoms with van der Waals surface area (Å²) >= 11 is 0. The van der Waals surface area contributed by atoms with Gasteiger partial charge in [-0.1, -0.05) is 0 Å². The Labute approximate surface area is 151 Å². The average Bonchev–Trinajstić information content (AvgIpc) is 2.54. The van der Waals surface area contributed by atoms with Crippen LogP contribution in [-0.4, -0.2) is 67.9 Å². The van der Waals surface area contributed by atoms with E-state index in [1.165, 1.54) is 0 Å². The molecule has 0 aromatic rings. The molecule has 21 heteroatoms. The van der Waals surface area contributed by atoms with Gasteiger partial charge in [-0.25, -0.2) is 0 Å². The van der Waals surface area contributed by atoms with Crippen molar-refractivity contribution in [3.63, 3.8) is 0 Å². The Bertz CT molecular complexity index is 105. The van der Waals surface area contributed by atoms with Gasteiger partial charge in [-0.15, -0.1) is 37.2 Å². The topological polar surface area (TPSA) is 108 Å². The molecule has 0 aromatic heterocycles. The third kappa shape index (κ3) is 21.1. The third-order valence-electron chi connectivity index (χ3n) is 1.50. The molecule has 9 nitrogen and oxygen atoms in total. The second kappa shape index (κ2) is 23.4. The predicted molar refractivity (Wildman–Crippen MR) is 102 cm³/mol. The molecule has 0 aromatic carbocycles. The van der Waals surface area contributed by atoms with Gasteiger partial charge in [-0.05, 0) is 0 Å². The molecule has 105 valence electrons. The highest BCUT2D eigenvalue weighted by Gasteiger charge is 1.99. The standard InChI is InChI=1S/3B3H3N3.3ClH/c3*1-4-2-6-3-5-1;;;/h3*4-6H;3*1H. The van der Waals surface area contributed by atoms with Gasteiger partial charge in [0.2, 0.25) is 0 Å². The van der Waals surface area contributed by atoms with Crippen LogP contribution in [-0.2, 0) is 0 Å². The maximum Gasteiger partial charge on any atom is 0.284 e. The first-order chi connectivity index (χ1) is 9.00. The second-order valence-corrected chi connectivity index (χ2v) is 2.80. The first-order valence-electron chi connectivity index (χ1n) is 5.20. The Hall–Kier alpha value is 1.09. The van der Waals surface area contributed by atoms with Gasteiger partial charge >= 0.3 is 0 Å². The fraction of sp³-hybridized carbons (Fsp3) is 0. The highest BCUT2D eigenvalue weighted by atomic mass is 35.5. The largest absolute Gasteiger partial charge is 0.379 e. The molecular formula is H12B9Cl3N9. The summed E-state index contributed by atoms with van der Waals surface area (Å²) in [5.74, 6) is 0. The van der Waals surface area contributed by atoms with Crippen molar-refractivity contribution in [1.29, 1.82) is 0 Å². The Morgan fingerprint density at radius 3 is 0.381 bits per heavy atom. The molecule has 3 aliphatic heterocycles. The highest BCUT2D eigenvalue weighted by Crippen LogP contribution is 1.48. The normalized spacial score (nSPS) is 17.1. The molecule has 0 saturated carbocycles. The average molecular weight is 342 g/mol. The minimum Gasteiger partial charge on any atom is -0.379 e. The van der Waals surface area contributed by atoms with E-state index in [1.54, 1.807) is 67.9 Å². The van der Waals surface area contributed by atoms with Gasteiger partial charge in [-0.2, -0.15) is 0 Å². The van der Waals surface area contributed by atoms with E-state index < -0.39 is 0 Å². The lowest BCUT2D eigenvalue weighted by molar-refractivity contribution is 1.28. The maximum absolute atomic E-state index is 2.78. The smallest absolute Gasteiger partial charge is 0.284 e. The number of halogens is 3. The third-order valence-corrected chi connectivity index (χ3v) is 1.50. The van der Waals surface area contributed by atoms with Crippen LogP contribution in [0.2, 0.25) is 0 Å². The van der Waals surface area contributed by atoms with Crippen LogP contribution in [0, 0.1) is 0 Å². The van der Waals surface area contributed by atoms with Crippen LogP contribution in [0.4, 0.5) is 0 Å². The molecule has 0 spiro atoms. The molecule has 9 radical (unpaired) electrons. The molecule has 0 unspecified atom stereocenters. The molecule has 21 heavy (non-hydrogen) atoms. The fourth-order valence-electron chi connectivity index (χ4n) is 0.808. The first kappa shape index (κ1) is 27.0. The number of hydrogen-bond donors (Lipinski definition) is 9. The number of nitrogens with one attached hydrogen (secondary N) is 9. The van der Waals surface area contributed by atoms with Crippen LogP contribution in [0.15, 0.2) is 0 Å². The summed E-state index contributed by atoms with van der Waals surface area (Å²) in [5.41, 5.74) is 0. The Balaban J connectivity index is -0.000000216. The monoisotopic (exact) mass is 342 g/mol. The van der Waals surface area contributed by atoms with Crippen LogP contribution in [0.1, 0.15) is 0 Å². The van der Waals surface area contributed by atoms with Gasteiger partial charge in [-0.3, -0.25) is 0 Å². The van der Waals surface area contributed by atoms with Crippen LogP contribution < -0.4 is 46.2 Å². The van der Waals surface area contributed by atoms with Crippen LogP contribution in [0.3, 0.4) is 0 Å². The molecule has 3 saturated heterocycles. The van der Waals surface area contributed by atoms with Crippen molar-refractivity contribution >= 4 is 105 Å². The second-order valence-electron chi connectivity index (χ2n) is 2.80. The molecule has 9 N–H and O–H groups in total. The van der Waals surface area contributed by atoms with E-state index in [4.69, 9.17) is 0 Å². The maximum atomic E-state index is 2.78.